The first-order chi connectivity index (χ1) is 10.4. The van der Waals surface area contributed by atoms with Crippen LogP contribution < -0.4 is 10.6 Å². The first-order valence-electron chi connectivity index (χ1n) is 7.70. The van der Waals surface area contributed by atoms with Gasteiger partial charge in [-0.1, -0.05) is 12.1 Å². The Morgan fingerprint density at radius 2 is 1.33 bits per heavy atom. The van der Waals surface area contributed by atoms with E-state index in [4.69, 9.17) is 0 Å². The van der Waals surface area contributed by atoms with Crippen molar-refractivity contribution >= 4 is 0 Å². The van der Waals surface area contributed by atoms with Crippen LogP contribution in [-0.4, -0.2) is 29.6 Å². The van der Waals surface area contributed by atoms with Gasteiger partial charge in [0.1, 0.15) is 0 Å². The molecule has 0 fully saturated rings. The van der Waals surface area contributed by atoms with Crippen molar-refractivity contribution in [2.75, 3.05) is 19.6 Å². The van der Waals surface area contributed by atoms with Crippen LogP contribution in [0.1, 0.15) is 22.5 Å². The zero-order valence-electron chi connectivity index (χ0n) is 12.3. The summed E-state index contributed by atoms with van der Waals surface area (Å²) in [5.41, 5.74) is 5.31. The number of nitrogens with zero attached hydrogens (tertiary/aromatic N) is 2. The lowest BCUT2D eigenvalue weighted by molar-refractivity contribution is 0.630. The monoisotopic (exact) mass is 282 g/mol. The molecule has 4 heterocycles. The smallest absolute Gasteiger partial charge is 0.0461 e. The van der Waals surface area contributed by atoms with Crippen molar-refractivity contribution in [3.05, 3.63) is 59.2 Å². The van der Waals surface area contributed by atoms with Crippen molar-refractivity contribution < 1.29 is 0 Å². The predicted octanol–water partition coefficient (Wildman–Crippen LogP) is 1.50. The zero-order valence-corrected chi connectivity index (χ0v) is 12.3. The maximum atomic E-state index is 4.34. The van der Waals surface area contributed by atoms with Crippen molar-refractivity contribution in [2.45, 2.75) is 25.8 Å². The number of rotatable bonds is 0. The van der Waals surface area contributed by atoms with Crippen LogP contribution in [-0.2, 0) is 25.8 Å². The van der Waals surface area contributed by atoms with Crippen molar-refractivity contribution in [3.63, 3.8) is 0 Å². The molecular formula is C17H22N4. The Hall–Kier alpha value is -1.78. The lowest BCUT2D eigenvalue weighted by atomic mass is 10.1. The Bertz CT molecular complexity index is 533. The lowest BCUT2D eigenvalue weighted by Gasteiger charge is -2.14. The van der Waals surface area contributed by atoms with E-state index in [-0.39, 0.29) is 0 Å². The molecule has 2 aliphatic rings. The van der Waals surface area contributed by atoms with Gasteiger partial charge in [-0.2, -0.15) is 0 Å². The highest BCUT2D eigenvalue weighted by Crippen LogP contribution is 2.09. The van der Waals surface area contributed by atoms with Gasteiger partial charge in [0, 0.05) is 56.3 Å². The largest absolute Gasteiger partial charge is 0.316 e. The molecule has 2 N–H and O–H groups in total. The minimum absolute atomic E-state index is 0.989. The SMILES string of the molecule is c1cnc2c(c1)CCNCC2.c1cnc2c(c1)CNCC2. The molecule has 0 saturated carbocycles. The van der Waals surface area contributed by atoms with E-state index in [1.807, 2.05) is 24.5 Å². The molecule has 0 bridgehead atoms. The number of fused-ring (bicyclic) bond motifs is 2. The second-order valence-corrected chi connectivity index (χ2v) is 5.40. The molecule has 0 aromatic carbocycles. The molecular weight excluding hydrogens is 260 g/mol. The molecule has 0 amide bonds. The van der Waals surface area contributed by atoms with E-state index in [0.29, 0.717) is 0 Å². The van der Waals surface area contributed by atoms with E-state index < -0.39 is 0 Å². The first kappa shape index (κ1) is 14.2. The van der Waals surface area contributed by atoms with Crippen LogP contribution >= 0.6 is 0 Å². The second kappa shape index (κ2) is 7.29. The average molecular weight is 282 g/mol. The summed E-state index contributed by atoms with van der Waals surface area (Å²) >= 11 is 0. The van der Waals surface area contributed by atoms with Gasteiger partial charge >= 0.3 is 0 Å². The third kappa shape index (κ3) is 3.86. The van der Waals surface area contributed by atoms with Gasteiger partial charge in [0.15, 0.2) is 0 Å². The Balaban J connectivity index is 0.000000126. The molecule has 110 valence electrons. The molecule has 21 heavy (non-hydrogen) atoms. The fourth-order valence-electron chi connectivity index (χ4n) is 2.77. The maximum Gasteiger partial charge on any atom is 0.0461 e. The van der Waals surface area contributed by atoms with E-state index >= 15 is 0 Å². The van der Waals surface area contributed by atoms with Gasteiger partial charge < -0.3 is 10.6 Å². The summed E-state index contributed by atoms with van der Waals surface area (Å²) in [4.78, 5) is 8.62. The lowest BCUT2D eigenvalue weighted by Crippen LogP contribution is -2.24. The fraction of sp³-hybridized carbons (Fsp3) is 0.412. The normalized spacial score (nSPS) is 16.8. The summed E-state index contributed by atoms with van der Waals surface area (Å²) in [6, 6.07) is 8.32. The number of nitrogens with one attached hydrogen (secondary N) is 2. The van der Waals surface area contributed by atoms with Crippen LogP contribution in [0.25, 0.3) is 0 Å². The molecule has 0 saturated heterocycles. The third-order valence-electron chi connectivity index (χ3n) is 3.93. The summed E-state index contributed by atoms with van der Waals surface area (Å²) in [5, 5.41) is 6.66. The van der Waals surface area contributed by atoms with Gasteiger partial charge in [0.25, 0.3) is 0 Å². The van der Waals surface area contributed by atoms with Crippen LogP contribution in [0.5, 0.6) is 0 Å². The molecule has 4 nitrogen and oxygen atoms in total. The Morgan fingerprint density at radius 3 is 2.10 bits per heavy atom. The summed E-state index contributed by atoms with van der Waals surface area (Å²) in [5.74, 6) is 0. The van der Waals surface area contributed by atoms with Gasteiger partial charge in [-0.25, -0.2) is 0 Å². The van der Waals surface area contributed by atoms with Gasteiger partial charge in [-0.3, -0.25) is 9.97 Å². The van der Waals surface area contributed by atoms with Gasteiger partial charge in [-0.15, -0.1) is 0 Å². The van der Waals surface area contributed by atoms with Crippen LogP contribution in [0.4, 0.5) is 0 Å². The average Bonchev–Trinajstić information content (AvgIpc) is 2.81. The fourth-order valence-corrected chi connectivity index (χ4v) is 2.77. The molecule has 0 spiro atoms. The van der Waals surface area contributed by atoms with Crippen molar-refractivity contribution in [3.8, 4) is 0 Å². The molecule has 0 aliphatic carbocycles. The van der Waals surface area contributed by atoms with Crippen molar-refractivity contribution in [2.24, 2.45) is 0 Å². The Labute approximate surface area is 126 Å². The molecule has 2 aromatic heterocycles. The number of pyridine rings is 2. The highest BCUT2D eigenvalue weighted by molar-refractivity contribution is 5.22. The highest BCUT2D eigenvalue weighted by atomic mass is 14.9. The maximum absolute atomic E-state index is 4.34. The van der Waals surface area contributed by atoms with Gasteiger partial charge in [0.2, 0.25) is 0 Å². The molecule has 2 aliphatic heterocycles. The van der Waals surface area contributed by atoms with Crippen LogP contribution in [0.2, 0.25) is 0 Å². The topological polar surface area (TPSA) is 49.8 Å². The minimum Gasteiger partial charge on any atom is -0.316 e. The predicted molar refractivity (Wildman–Crippen MR) is 84.2 cm³/mol. The van der Waals surface area contributed by atoms with Crippen molar-refractivity contribution in [1.82, 2.24) is 20.6 Å². The third-order valence-corrected chi connectivity index (χ3v) is 3.93. The standard InChI is InChI=1S/C9H12N2.C8H10N2/c1-2-8-3-6-10-7-4-9(8)11-5-1;1-2-7-6-9-5-3-8(7)10-4-1/h1-2,5,10H,3-4,6-7H2;1-2,4,9H,3,5-6H2. The number of aromatic nitrogens is 2. The van der Waals surface area contributed by atoms with E-state index in [9.17, 15) is 0 Å². The molecule has 2 aromatic rings. The van der Waals surface area contributed by atoms with Gasteiger partial charge in [-0.05, 0) is 36.2 Å². The van der Waals surface area contributed by atoms with Crippen LogP contribution in [0.3, 0.4) is 0 Å². The highest BCUT2D eigenvalue weighted by Gasteiger charge is 2.07. The van der Waals surface area contributed by atoms with E-state index in [0.717, 1.165) is 45.4 Å². The summed E-state index contributed by atoms with van der Waals surface area (Å²) < 4.78 is 0. The quantitative estimate of drug-likeness (QED) is 0.769. The Kier molecular flexibility index (Phi) is 4.92. The summed E-state index contributed by atoms with van der Waals surface area (Å²) in [6.45, 7) is 4.23. The Morgan fingerprint density at radius 1 is 0.714 bits per heavy atom. The van der Waals surface area contributed by atoms with Crippen LogP contribution in [0.15, 0.2) is 36.7 Å². The summed E-state index contributed by atoms with van der Waals surface area (Å²) in [6.07, 6.45) is 7.03. The van der Waals surface area contributed by atoms with Gasteiger partial charge in [0.05, 0.1) is 0 Å². The van der Waals surface area contributed by atoms with E-state index in [2.05, 4.69) is 32.7 Å². The van der Waals surface area contributed by atoms with E-state index in [1.54, 1.807) is 0 Å². The molecule has 0 radical (unpaired) electrons. The first-order valence-corrected chi connectivity index (χ1v) is 7.70. The zero-order chi connectivity index (χ0) is 14.3. The second-order valence-electron chi connectivity index (χ2n) is 5.40. The molecule has 4 rings (SSSR count). The van der Waals surface area contributed by atoms with Crippen molar-refractivity contribution in [1.29, 1.82) is 0 Å². The molecule has 0 unspecified atom stereocenters. The number of hydrogen-bond acceptors (Lipinski definition) is 4. The molecule has 0 atom stereocenters. The summed E-state index contributed by atoms with van der Waals surface area (Å²) in [7, 11) is 0. The number of hydrogen-bond donors (Lipinski definition) is 2. The molecule has 4 heteroatoms. The van der Waals surface area contributed by atoms with E-state index in [1.165, 1.54) is 22.5 Å². The van der Waals surface area contributed by atoms with Crippen LogP contribution in [0, 0.1) is 0 Å². The minimum atomic E-state index is 0.989.